The Bertz CT molecular complexity index is 514. The summed E-state index contributed by atoms with van der Waals surface area (Å²) in [5.41, 5.74) is 1.23. The Kier molecular flexibility index (Phi) is 3.55. The van der Waals surface area contributed by atoms with Gasteiger partial charge in [-0.05, 0) is 30.9 Å². The molecule has 1 aliphatic heterocycles. The van der Waals surface area contributed by atoms with Gasteiger partial charge in [-0.3, -0.25) is 0 Å². The summed E-state index contributed by atoms with van der Waals surface area (Å²) < 4.78 is 5.64. The maximum absolute atomic E-state index is 11.3. The Morgan fingerprint density at radius 1 is 1.40 bits per heavy atom. The van der Waals surface area contributed by atoms with Crippen LogP contribution in [0.25, 0.3) is 0 Å². The topological polar surface area (TPSA) is 49.8 Å². The second kappa shape index (κ2) is 5.35. The predicted octanol–water partition coefficient (Wildman–Crippen LogP) is 3.16. The van der Waals surface area contributed by atoms with Crippen molar-refractivity contribution in [1.29, 1.82) is 0 Å². The number of carboxylic acid groups (broad SMARTS) is 1. The number of nitrogens with zero attached hydrogens (tertiary/aromatic N) is 1. The van der Waals surface area contributed by atoms with Crippen molar-refractivity contribution in [2.45, 2.75) is 38.6 Å². The van der Waals surface area contributed by atoms with Gasteiger partial charge in [-0.25, -0.2) is 4.79 Å². The third-order valence-electron chi connectivity index (χ3n) is 4.46. The van der Waals surface area contributed by atoms with Gasteiger partial charge in [-0.2, -0.15) is 0 Å². The Balaban J connectivity index is 1.93. The number of anilines is 1. The van der Waals surface area contributed by atoms with E-state index in [9.17, 15) is 9.90 Å². The van der Waals surface area contributed by atoms with E-state index in [4.69, 9.17) is 4.74 Å². The first kappa shape index (κ1) is 13.3. The van der Waals surface area contributed by atoms with E-state index in [2.05, 4.69) is 11.8 Å². The number of hydrogen-bond donors (Lipinski definition) is 1. The number of benzene rings is 1. The number of rotatable bonds is 2. The fourth-order valence-electron chi connectivity index (χ4n) is 3.50. The molecule has 3 rings (SSSR count). The first-order valence-corrected chi connectivity index (χ1v) is 7.42. The summed E-state index contributed by atoms with van der Waals surface area (Å²) in [6.07, 6.45) is 4.96. The monoisotopic (exact) mass is 275 g/mol. The molecule has 0 spiro atoms. The van der Waals surface area contributed by atoms with Crippen LogP contribution >= 0.6 is 0 Å². The van der Waals surface area contributed by atoms with Gasteiger partial charge in [-0.15, -0.1) is 0 Å². The minimum Gasteiger partial charge on any atom is -0.489 e. The number of carbonyl (C=O) groups is 1. The van der Waals surface area contributed by atoms with Crippen LogP contribution in [0.3, 0.4) is 0 Å². The van der Waals surface area contributed by atoms with Gasteiger partial charge in [0.1, 0.15) is 12.2 Å². The molecule has 0 saturated heterocycles. The van der Waals surface area contributed by atoms with Crippen LogP contribution in [0.5, 0.6) is 5.75 Å². The highest BCUT2D eigenvalue weighted by atomic mass is 16.5. The molecule has 0 aromatic heterocycles. The lowest BCUT2D eigenvalue weighted by Crippen LogP contribution is -2.43. The molecule has 2 unspecified atom stereocenters. The molecule has 0 amide bonds. The lowest BCUT2D eigenvalue weighted by molar-refractivity contribution is 0.0691. The van der Waals surface area contributed by atoms with Gasteiger partial charge in [0.05, 0.1) is 12.2 Å². The summed E-state index contributed by atoms with van der Waals surface area (Å²) in [4.78, 5) is 13.7. The number of para-hydroxylation sites is 1. The van der Waals surface area contributed by atoms with E-state index in [1.165, 1.54) is 25.7 Å². The van der Waals surface area contributed by atoms with Crippen LogP contribution in [0.4, 0.5) is 5.69 Å². The second-order valence-electron chi connectivity index (χ2n) is 5.93. The van der Waals surface area contributed by atoms with Crippen LogP contribution in [0.15, 0.2) is 18.2 Å². The number of hydrogen-bond acceptors (Lipinski definition) is 3. The molecule has 108 valence electrons. The molecule has 4 nitrogen and oxygen atoms in total. The third kappa shape index (κ3) is 2.35. The van der Waals surface area contributed by atoms with Crippen molar-refractivity contribution in [1.82, 2.24) is 0 Å². The van der Waals surface area contributed by atoms with E-state index in [0.29, 0.717) is 18.4 Å². The smallest absolute Gasteiger partial charge is 0.339 e. The molecule has 2 aliphatic rings. The summed E-state index contributed by atoms with van der Waals surface area (Å²) in [7, 11) is 0. The highest BCUT2D eigenvalue weighted by molar-refractivity contribution is 5.93. The summed E-state index contributed by atoms with van der Waals surface area (Å²) in [6, 6.07) is 5.94. The van der Waals surface area contributed by atoms with Gasteiger partial charge in [-0.1, -0.05) is 25.8 Å². The fourth-order valence-corrected chi connectivity index (χ4v) is 3.50. The van der Waals surface area contributed by atoms with Crippen molar-refractivity contribution < 1.29 is 14.6 Å². The Labute approximate surface area is 119 Å². The number of fused-ring (bicyclic) bond motifs is 1. The highest BCUT2D eigenvalue weighted by Gasteiger charge is 2.30. The summed E-state index contributed by atoms with van der Waals surface area (Å²) in [5.74, 6) is 0.382. The summed E-state index contributed by atoms with van der Waals surface area (Å²) in [6.45, 7) is 3.73. The minimum atomic E-state index is -0.916. The van der Waals surface area contributed by atoms with Crippen molar-refractivity contribution in [2.24, 2.45) is 5.92 Å². The van der Waals surface area contributed by atoms with Crippen LogP contribution in [0, 0.1) is 5.92 Å². The number of ether oxygens (including phenoxy) is 1. The van der Waals surface area contributed by atoms with Crippen molar-refractivity contribution in [3.63, 3.8) is 0 Å². The molecule has 1 aromatic carbocycles. The van der Waals surface area contributed by atoms with E-state index in [1.54, 1.807) is 6.07 Å². The van der Waals surface area contributed by atoms with E-state index in [-0.39, 0.29) is 5.56 Å². The molecule has 1 fully saturated rings. The zero-order valence-electron chi connectivity index (χ0n) is 11.8. The normalized spacial score (nSPS) is 25.8. The first-order valence-electron chi connectivity index (χ1n) is 7.42. The van der Waals surface area contributed by atoms with Crippen molar-refractivity contribution >= 4 is 11.7 Å². The van der Waals surface area contributed by atoms with Crippen molar-refractivity contribution in [2.75, 3.05) is 18.1 Å². The van der Waals surface area contributed by atoms with Crippen LogP contribution in [0.1, 0.15) is 43.0 Å². The average Bonchev–Trinajstić information content (AvgIpc) is 2.45. The quantitative estimate of drug-likeness (QED) is 0.900. The van der Waals surface area contributed by atoms with Crippen LogP contribution in [-0.2, 0) is 0 Å². The Morgan fingerprint density at radius 3 is 3.00 bits per heavy atom. The zero-order chi connectivity index (χ0) is 14.1. The van der Waals surface area contributed by atoms with Crippen LogP contribution < -0.4 is 9.64 Å². The maximum Gasteiger partial charge on any atom is 0.339 e. The predicted molar refractivity (Wildman–Crippen MR) is 77.7 cm³/mol. The van der Waals surface area contributed by atoms with E-state index in [1.807, 2.05) is 12.1 Å². The molecule has 1 aliphatic carbocycles. The molecular formula is C16H21NO3. The fraction of sp³-hybridized carbons (Fsp3) is 0.562. The Hall–Kier alpha value is -1.71. The van der Waals surface area contributed by atoms with Gasteiger partial charge in [0.2, 0.25) is 0 Å². The molecule has 0 radical (unpaired) electrons. The first-order chi connectivity index (χ1) is 9.66. The average molecular weight is 275 g/mol. The van der Waals surface area contributed by atoms with E-state index in [0.717, 1.165) is 18.2 Å². The van der Waals surface area contributed by atoms with Gasteiger partial charge < -0.3 is 14.7 Å². The molecule has 1 N–H and O–H groups in total. The molecule has 1 saturated carbocycles. The molecule has 4 heteroatoms. The van der Waals surface area contributed by atoms with Gasteiger partial charge in [0, 0.05) is 6.04 Å². The number of carboxylic acids is 1. The molecule has 1 heterocycles. The minimum absolute atomic E-state index is 0.274. The standard InChI is InChI=1S/C16H21NO3/c1-11-4-2-5-12(10-11)17-8-9-20-15-13(16(18)19)6-3-7-14(15)17/h3,6-7,11-12H,2,4-5,8-10H2,1H3,(H,18,19). The zero-order valence-corrected chi connectivity index (χ0v) is 11.8. The lowest BCUT2D eigenvalue weighted by Gasteiger charge is -2.41. The molecule has 1 aromatic rings. The summed E-state index contributed by atoms with van der Waals surface area (Å²) >= 11 is 0. The number of aromatic carboxylic acids is 1. The van der Waals surface area contributed by atoms with Crippen molar-refractivity contribution in [3.8, 4) is 5.75 Å². The van der Waals surface area contributed by atoms with Crippen LogP contribution in [0.2, 0.25) is 0 Å². The highest BCUT2D eigenvalue weighted by Crippen LogP contribution is 2.39. The van der Waals surface area contributed by atoms with Crippen LogP contribution in [-0.4, -0.2) is 30.3 Å². The lowest BCUT2D eigenvalue weighted by atomic mass is 9.85. The SMILES string of the molecule is CC1CCCC(N2CCOc3c(C(=O)O)cccc32)C1. The van der Waals surface area contributed by atoms with Crippen molar-refractivity contribution in [3.05, 3.63) is 23.8 Å². The Morgan fingerprint density at radius 2 is 2.25 bits per heavy atom. The van der Waals surface area contributed by atoms with E-state index >= 15 is 0 Å². The second-order valence-corrected chi connectivity index (χ2v) is 5.93. The molecular weight excluding hydrogens is 254 g/mol. The third-order valence-corrected chi connectivity index (χ3v) is 4.46. The van der Waals surface area contributed by atoms with Gasteiger partial charge in [0.25, 0.3) is 0 Å². The van der Waals surface area contributed by atoms with Gasteiger partial charge >= 0.3 is 5.97 Å². The van der Waals surface area contributed by atoms with E-state index < -0.39 is 5.97 Å². The summed E-state index contributed by atoms with van der Waals surface area (Å²) in [5, 5.41) is 9.28. The molecule has 0 bridgehead atoms. The largest absolute Gasteiger partial charge is 0.489 e. The van der Waals surface area contributed by atoms with Gasteiger partial charge in [0.15, 0.2) is 5.75 Å². The molecule has 20 heavy (non-hydrogen) atoms. The maximum atomic E-state index is 11.3. The molecule has 2 atom stereocenters.